The van der Waals surface area contributed by atoms with Crippen LogP contribution in [-0.4, -0.2) is 98.9 Å². The number of piperazine rings is 1. The standard InChI is InChI=1S/C22H36N6O2/c1-17(2)25-20(29)16-27-11-13-28(14-12-27)22(23-3)24-10-9-18-7-6-8-19(15-18)21(30)26(4)5/h6-8,15,17H,9-14,16H2,1-5H3,(H,23,24)(H,25,29). The van der Waals surface area contributed by atoms with Gasteiger partial charge in [0, 0.05) is 65.5 Å². The lowest BCUT2D eigenvalue weighted by molar-refractivity contribution is -0.123. The number of hydrogen-bond donors (Lipinski definition) is 2. The average molecular weight is 417 g/mol. The number of aliphatic imine (C=N–C) groups is 1. The smallest absolute Gasteiger partial charge is 0.253 e. The summed E-state index contributed by atoms with van der Waals surface area (Å²) >= 11 is 0. The number of carbonyl (C=O) groups excluding carboxylic acids is 2. The zero-order chi connectivity index (χ0) is 22.1. The maximum Gasteiger partial charge on any atom is 0.253 e. The van der Waals surface area contributed by atoms with Gasteiger partial charge in [0.15, 0.2) is 5.96 Å². The van der Waals surface area contributed by atoms with Crippen molar-refractivity contribution in [3.63, 3.8) is 0 Å². The van der Waals surface area contributed by atoms with E-state index in [4.69, 9.17) is 0 Å². The fourth-order valence-electron chi connectivity index (χ4n) is 3.46. The third-order valence-corrected chi connectivity index (χ3v) is 4.98. The lowest BCUT2D eigenvalue weighted by Crippen LogP contribution is -2.54. The largest absolute Gasteiger partial charge is 0.356 e. The van der Waals surface area contributed by atoms with Gasteiger partial charge >= 0.3 is 0 Å². The lowest BCUT2D eigenvalue weighted by atomic mass is 10.1. The second-order valence-electron chi connectivity index (χ2n) is 8.11. The van der Waals surface area contributed by atoms with Crippen LogP contribution in [0, 0.1) is 0 Å². The molecule has 30 heavy (non-hydrogen) atoms. The Morgan fingerprint density at radius 2 is 1.87 bits per heavy atom. The molecule has 8 heteroatoms. The second-order valence-corrected chi connectivity index (χ2v) is 8.11. The minimum Gasteiger partial charge on any atom is -0.356 e. The van der Waals surface area contributed by atoms with Crippen LogP contribution in [0.15, 0.2) is 29.3 Å². The van der Waals surface area contributed by atoms with Crippen molar-refractivity contribution >= 4 is 17.8 Å². The molecule has 1 saturated heterocycles. The van der Waals surface area contributed by atoms with Crippen LogP contribution < -0.4 is 10.6 Å². The zero-order valence-corrected chi connectivity index (χ0v) is 18.9. The van der Waals surface area contributed by atoms with Crippen molar-refractivity contribution in [2.24, 2.45) is 4.99 Å². The molecule has 1 heterocycles. The molecule has 2 amide bonds. The molecule has 1 aromatic carbocycles. The molecule has 1 aromatic rings. The first-order valence-corrected chi connectivity index (χ1v) is 10.6. The molecular weight excluding hydrogens is 380 g/mol. The van der Waals surface area contributed by atoms with Gasteiger partial charge in [-0.3, -0.25) is 19.5 Å². The summed E-state index contributed by atoms with van der Waals surface area (Å²) in [5, 5.41) is 6.37. The van der Waals surface area contributed by atoms with Crippen molar-refractivity contribution in [3.05, 3.63) is 35.4 Å². The van der Waals surface area contributed by atoms with Gasteiger partial charge in [-0.1, -0.05) is 12.1 Å². The van der Waals surface area contributed by atoms with Crippen LogP contribution in [0.3, 0.4) is 0 Å². The molecule has 0 spiro atoms. The van der Waals surface area contributed by atoms with E-state index >= 15 is 0 Å². The highest BCUT2D eigenvalue weighted by Crippen LogP contribution is 2.08. The van der Waals surface area contributed by atoms with E-state index in [0.29, 0.717) is 12.1 Å². The molecule has 2 N–H and O–H groups in total. The van der Waals surface area contributed by atoms with Gasteiger partial charge in [-0.15, -0.1) is 0 Å². The van der Waals surface area contributed by atoms with Gasteiger partial charge < -0.3 is 20.4 Å². The van der Waals surface area contributed by atoms with Gasteiger partial charge in [0.25, 0.3) is 5.91 Å². The summed E-state index contributed by atoms with van der Waals surface area (Å²) in [6, 6.07) is 7.93. The Morgan fingerprint density at radius 3 is 2.47 bits per heavy atom. The van der Waals surface area contributed by atoms with Crippen LogP contribution in [0.5, 0.6) is 0 Å². The van der Waals surface area contributed by atoms with Crippen LogP contribution in [0.2, 0.25) is 0 Å². The number of benzene rings is 1. The number of hydrogen-bond acceptors (Lipinski definition) is 4. The summed E-state index contributed by atoms with van der Waals surface area (Å²) in [5.41, 5.74) is 1.83. The van der Waals surface area contributed by atoms with E-state index in [1.54, 1.807) is 26.0 Å². The first-order valence-electron chi connectivity index (χ1n) is 10.6. The van der Waals surface area contributed by atoms with E-state index in [0.717, 1.165) is 50.7 Å². The predicted octanol–water partition coefficient (Wildman–Crippen LogP) is 0.649. The number of rotatable bonds is 7. The van der Waals surface area contributed by atoms with Crippen molar-refractivity contribution in [3.8, 4) is 0 Å². The summed E-state index contributed by atoms with van der Waals surface area (Å²) < 4.78 is 0. The monoisotopic (exact) mass is 416 g/mol. The molecule has 0 aliphatic carbocycles. The highest BCUT2D eigenvalue weighted by molar-refractivity contribution is 5.94. The average Bonchev–Trinajstić information content (AvgIpc) is 2.71. The molecule has 1 aliphatic heterocycles. The Balaban J connectivity index is 1.79. The molecule has 0 unspecified atom stereocenters. The van der Waals surface area contributed by atoms with E-state index in [2.05, 4.69) is 25.4 Å². The molecule has 166 valence electrons. The van der Waals surface area contributed by atoms with E-state index in [1.165, 1.54) is 0 Å². The molecule has 1 fully saturated rings. The molecule has 0 bridgehead atoms. The van der Waals surface area contributed by atoms with Crippen molar-refractivity contribution in [2.45, 2.75) is 26.3 Å². The zero-order valence-electron chi connectivity index (χ0n) is 18.9. The number of carbonyl (C=O) groups is 2. The summed E-state index contributed by atoms with van der Waals surface area (Å²) in [6.45, 7) is 8.47. The predicted molar refractivity (Wildman–Crippen MR) is 121 cm³/mol. The van der Waals surface area contributed by atoms with Crippen LogP contribution in [-0.2, 0) is 11.2 Å². The van der Waals surface area contributed by atoms with Crippen molar-refractivity contribution in [1.82, 2.24) is 25.3 Å². The highest BCUT2D eigenvalue weighted by Gasteiger charge is 2.21. The highest BCUT2D eigenvalue weighted by atomic mass is 16.2. The van der Waals surface area contributed by atoms with Crippen LogP contribution in [0.1, 0.15) is 29.8 Å². The normalized spacial score (nSPS) is 15.3. The van der Waals surface area contributed by atoms with Crippen LogP contribution >= 0.6 is 0 Å². The summed E-state index contributed by atoms with van der Waals surface area (Å²) in [5.74, 6) is 0.971. The Bertz CT molecular complexity index is 739. The van der Waals surface area contributed by atoms with Gasteiger partial charge in [-0.2, -0.15) is 0 Å². The van der Waals surface area contributed by atoms with Gasteiger partial charge in [-0.25, -0.2) is 0 Å². The molecule has 2 rings (SSSR count). The first kappa shape index (κ1) is 23.7. The summed E-state index contributed by atoms with van der Waals surface area (Å²) in [6.07, 6.45) is 0.808. The summed E-state index contributed by atoms with van der Waals surface area (Å²) in [7, 11) is 5.31. The third kappa shape index (κ3) is 7.33. The van der Waals surface area contributed by atoms with Gasteiger partial charge in [-0.05, 0) is 38.0 Å². The SMILES string of the molecule is CN=C(NCCc1cccc(C(=O)N(C)C)c1)N1CCN(CC(=O)NC(C)C)CC1. The minimum absolute atomic E-state index is 0.0144. The molecule has 8 nitrogen and oxygen atoms in total. The Kier molecular flexibility index (Phi) is 9.11. The van der Waals surface area contributed by atoms with Crippen molar-refractivity contribution in [1.29, 1.82) is 0 Å². The number of guanidine groups is 1. The van der Waals surface area contributed by atoms with Crippen LogP contribution in [0.25, 0.3) is 0 Å². The molecule has 1 aliphatic rings. The number of nitrogens with zero attached hydrogens (tertiary/aromatic N) is 4. The Hall–Kier alpha value is -2.61. The maximum absolute atomic E-state index is 12.1. The quantitative estimate of drug-likeness (QED) is 0.504. The van der Waals surface area contributed by atoms with Crippen LogP contribution in [0.4, 0.5) is 0 Å². The first-order chi connectivity index (χ1) is 14.3. The Labute approximate surface area is 180 Å². The van der Waals surface area contributed by atoms with E-state index in [-0.39, 0.29) is 17.9 Å². The van der Waals surface area contributed by atoms with Gasteiger partial charge in [0.05, 0.1) is 6.54 Å². The molecule has 0 aromatic heterocycles. The summed E-state index contributed by atoms with van der Waals surface area (Å²) in [4.78, 5) is 34.5. The third-order valence-electron chi connectivity index (χ3n) is 4.98. The lowest BCUT2D eigenvalue weighted by Gasteiger charge is -2.36. The van der Waals surface area contributed by atoms with Gasteiger partial charge in [0.2, 0.25) is 5.91 Å². The van der Waals surface area contributed by atoms with Gasteiger partial charge in [0.1, 0.15) is 0 Å². The minimum atomic E-state index is 0.0144. The van der Waals surface area contributed by atoms with Crippen molar-refractivity contribution in [2.75, 3.05) is 60.4 Å². The fourth-order valence-corrected chi connectivity index (χ4v) is 3.46. The maximum atomic E-state index is 12.1. The Morgan fingerprint density at radius 1 is 1.17 bits per heavy atom. The topological polar surface area (TPSA) is 80.3 Å². The fraction of sp³-hybridized carbons (Fsp3) is 0.591. The molecule has 0 saturated carbocycles. The molecule has 0 atom stereocenters. The van der Waals surface area contributed by atoms with E-state index < -0.39 is 0 Å². The number of nitrogens with one attached hydrogen (secondary N) is 2. The number of amides is 2. The van der Waals surface area contributed by atoms with E-state index in [9.17, 15) is 9.59 Å². The van der Waals surface area contributed by atoms with Crippen molar-refractivity contribution < 1.29 is 9.59 Å². The molecular formula is C22H36N6O2. The molecule has 0 radical (unpaired) electrons. The van der Waals surface area contributed by atoms with E-state index in [1.807, 2.05) is 38.1 Å². The second kappa shape index (κ2) is 11.5.